The molecule has 0 aliphatic carbocycles. The summed E-state index contributed by atoms with van der Waals surface area (Å²) < 4.78 is 0. The molecule has 126 valence electrons. The molecule has 0 radical (unpaired) electrons. The smallest absolute Gasteiger partial charge is 0.222 e. The van der Waals surface area contributed by atoms with Gasteiger partial charge in [0.1, 0.15) is 0 Å². The van der Waals surface area contributed by atoms with Gasteiger partial charge in [0.15, 0.2) is 0 Å². The van der Waals surface area contributed by atoms with Gasteiger partial charge in [0.25, 0.3) is 0 Å². The van der Waals surface area contributed by atoms with E-state index in [1.54, 1.807) is 0 Å². The summed E-state index contributed by atoms with van der Waals surface area (Å²) in [6, 6.07) is 8.85. The van der Waals surface area contributed by atoms with Crippen LogP contribution in [0.1, 0.15) is 50.2 Å². The van der Waals surface area contributed by atoms with Crippen LogP contribution in [0.25, 0.3) is 0 Å². The van der Waals surface area contributed by atoms with E-state index in [0.29, 0.717) is 17.7 Å². The molecule has 2 saturated heterocycles. The van der Waals surface area contributed by atoms with Crippen molar-refractivity contribution in [1.82, 2.24) is 9.80 Å². The summed E-state index contributed by atoms with van der Waals surface area (Å²) in [5.74, 6) is 0.361. The fourth-order valence-corrected chi connectivity index (χ4v) is 4.37. The predicted molar refractivity (Wildman–Crippen MR) is 94.2 cm³/mol. The van der Waals surface area contributed by atoms with E-state index in [9.17, 15) is 4.79 Å². The van der Waals surface area contributed by atoms with Crippen molar-refractivity contribution in [3.8, 4) is 0 Å². The van der Waals surface area contributed by atoms with E-state index in [2.05, 4.69) is 47.9 Å². The summed E-state index contributed by atoms with van der Waals surface area (Å²) in [6.45, 7) is 9.60. The highest BCUT2D eigenvalue weighted by molar-refractivity contribution is 5.76. The minimum absolute atomic E-state index is 0.353. The van der Waals surface area contributed by atoms with Crippen LogP contribution in [0.5, 0.6) is 0 Å². The molecule has 2 aliphatic rings. The first kappa shape index (κ1) is 16.5. The summed E-state index contributed by atoms with van der Waals surface area (Å²) in [6.07, 6.45) is 5.41. The Labute approximate surface area is 140 Å². The highest BCUT2D eigenvalue weighted by atomic mass is 16.2. The number of likely N-dealkylation sites (tertiary alicyclic amines) is 2. The molecule has 1 amide bonds. The molecule has 1 aromatic carbocycles. The Morgan fingerprint density at radius 1 is 1.22 bits per heavy atom. The molecule has 2 aliphatic heterocycles. The topological polar surface area (TPSA) is 23.6 Å². The number of rotatable bonds is 4. The lowest BCUT2D eigenvalue weighted by atomic mass is 9.79. The van der Waals surface area contributed by atoms with Crippen molar-refractivity contribution in [2.75, 3.05) is 26.2 Å². The van der Waals surface area contributed by atoms with Gasteiger partial charge in [0.05, 0.1) is 0 Å². The van der Waals surface area contributed by atoms with Gasteiger partial charge in [-0.05, 0) is 44.7 Å². The largest absolute Gasteiger partial charge is 0.342 e. The predicted octanol–water partition coefficient (Wildman–Crippen LogP) is 3.61. The van der Waals surface area contributed by atoms with E-state index in [4.69, 9.17) is 0 Å². The molecule has 3 nitrogen and oxygen atoms in total. The number of amides is 1. The van der Waals surface area contributed by atoms with E-state index in [1.165, 1.54) is 36.9 Å². The van der Waals surface area contributed by atoms with Crippen molar-refractivity contribution in [2.24, 2.45) is 5.41 Å². The third-order valence-corrected chi connectivity index (χ3v) is 5.48. The van der Waals surface area contributed by atoms with Gasteiger partial charge in [-0.3, -0.25) is 9.69 Å². The third-order valence-electron chi connectivity index (χ3n) is 5.48. The second-order valence-corrected chi connectivity index (χ2v) is 7.62. The van der Waals surface area contributed by atoms with Crippen molar-refractivity contribution >= 4 is 5.91 Å². The number of carbonyl (C=O) groups is 1. The Balaban J connectivity index is 1.61. The van der Waals surface area contributed by atoms with Gasteiger partial charge >= 0.3 is 0 Å². The summed E-state index contributed by atoms with van der Waals surface area (Å²) in [5.41, 5.74) is 3.11. The highest BCUT2D eigenvalue weighted by Gasteiger charge is 2.42. The molecule has 0 N–H and O–H groups in total. The second kappa shape index (κ2) is 7.04. The lowest BCUT2D eigenvalue weighted by Crippen LogP contribution is -2.45. The van der Waals surface area contributed by atoms with Gasteiger partial charge in [0.2, 0.25) is 5.91 Å². The summed E-state index contributed by atoms with van der Waals surface area (Å²) in [5, 5.41) is 0. The first-order chi connectivity index (χ1) is 11.1. The number of benzene rings is 1. The standard InChI is InChI=1S/C20H30N2O/c1-3-6-19(23)22-12-10-20(16-22)9-5-11-21(15-20)14-18-8-4-7-17(2)13-18/h4,7-8,13H,3,5-6,9-12,14-16H2,1-2H3/t20-/m0/s1. The van der Waals surface area contributed by atoms with Gasteiger partial charge in [-0.25, -0.2) is 0 Å². The van der Waals surface area contributed by atoms with Crippen molar-refractivity contribution in [3.63, 3.8) is 0 Å². The van der Waals surface area contributed by atoms with E-state index >= 15 is 0 Å². The first-order valence-corrected chi connectivity index (χ1v) is 9.16. The van der Waals surface area contributed by atoms with Crippen LogP contribution in [0.15, 0.2) is 24.3 Å². The van der Waals surface area contributed by atoms with Crippen LogP contribution in [-0.4, -0.2) is 41.9 Å². The van der Waals surface area contributed by atoms with Crippen LogP contribution in [0, 0.1) is 12.3 Å². The maximum absolute atomic E-state index is 12.2. The average Bonchev–Trinajstić information content (AvgIpc) is 2.91. The normalized spacial score (nSPS) is 25.2. The van der Waals surface area contributed by atoms with Crippen LogP contribution in [-0.2, 0) is 11.3 Å². The van der Waals surface area contributed by atoms with Crippen LogP contribution >= 0.6 is 0 Å². The first-order valence-electron chi connectivity index (χ1n) is 9.16. The van der Waals surface area contributed by atoms with Crippen LogP contribution in [0.2, 0.25) is 0 Å². The van der Waals surface area contributed by atoms with E-state index in [0.717, 1.165) is 32.6 Å². The van der Waals surface area contributed by atoms with E-state index in [1.807, 2.05) is 0 Å². The number of piperidine rings is 1. The Kier molecular flexibility index (Phi) is 5.05. The minimum Gasteiger partial charge on any atom is -0.342 e. The SMILES string of the molecule is CCCC(=O)N1CC[C@]2(CCCN(Cc3cccc(C)c3)C2)C1. The van der Waals surface area contributed by atoms with Gasteiger partial charge in [-0.15, -0.1) is 0 Å². The van der Waals surface area contributed by atoms with Gasteiger partial charge in [-0.2, -0.15) is 0 Å². The van der Waals surface area contributed by atoms with Gasteiger partial charge in [-0.1, -0.05) is 36.8 Å². The Hall–Kier alpha value is -1.35. The number of hydrogen-bond donors (Lipinski definition) is 0. The zero-order valence-electron chi connectivity index (χ0n) is 14.7. The average molecular weight is 314 g/mol. The van der Waals surface area contributed by atoms with Crippen molar-refractivity contribution < 1.29 is 4.79 Å². The molecular weight excluding hydrogens is 284 g/mol. The van der Waals surface area contributed by atoms with Crippen LogP contribution < -0.4 is 0 Å². The van der Waals surface area contributed by atoms with Crippen molar-refractivity contribution in [2.45, 2.75) is 52.5 Å². The molecule has 2 heterocycles. The molecule has 1 spiro atoms. The summed E-state index contributed by atoms with van der Waals surface area (Å²) in [4.78, 5) is 16.9. The molecule has 0 aromatic heterocycles. The Morgan fingerprint density at radius 2 is 2.09 bits per heavy atom. The van der Waals surface area contributed by atoms with Crippen LogP contribution in [0.3, 0.4) is 0 Å². The lowest BCUT2D eigenvalue weighted by Gasteiger charge is -2.40. The molecule has 3 heteroatoms. The van der Waals surface area contributed by atoms with E-state index < -0.39 is 0 Å². The molecule has 2 fully saturated rings. The quantitative estimate of drug-likeness (QED) is 0.847. The molecule has 23 heavy (non-hydrogen) atoms. The summed E-state index contributed by atoms with van der Waals surface area (Å²) in [7, 11) is 0. The van der Waals surface area contributed by atoms with Crippen LogP contribution in [0.4, 0.5) is 0 Å². The molecule has 1 atom stereocenters. The maximum Gasteiger partial charge on any atom is 0.222 e. The zero-order chi connectivity index (χ0) is 16.3. The minimum atomic E-state index is 0.353. The Bertz CT molecular complexity index is 556. The molecule has 0 unspecified atom stereocenters. The lowest BCUT2D eigenvalue weighted by molar-refractivity contribution is -0.130. The molecule has 1 aromatic rings. The highest BCUT2D eigenvalue weighted by Crippen LogP contribution is 2.39. The van der Waals surface area contributed by atoms with Gasteiger partial charge in [0, 0.05) is 38.0 Å². The number of aryl methyl sites for hydroxylation is 1. The molecule has 0 bridgehead atoms. The van der Waals surface area contributed by atoms with Crippen molar-refractivity contribution in [3.05, 3.63) is 35.4 Å². The fraction of sp³-hybridized carbons (Fsp3) is 0.650. The monoisotopic (exact) mass is 314 g/mol. The molecule has 3 rings (SSSR count). The fourth-order valence-electron chi connectivity index (χ4n) is 4.37. The number of hydrogen-bond acceptors (Lipinski definition) is 2. The second-order valence-electron chi connectivity index (χ2n) is 7.62. The Morgan fingerprint density at radius 3 is 2.87 bits per heavy atom. The third kappa shape index (κ3) is 3.95. The zero-order valence-corrected chi connectivity index (χ0v) is 14.7. The maximum atomic E-state index is 12.2. The molecule has 0 saturated carbocycles. The van der Waals surface area contributed by atoms with E-state index in [-0.39, 0.29) is 0 Å². The van der Waals surface area contributed by atoms with Gasteiger partial charge < -0.3 is 4.90 Å². The number of carbonyl (C=O) groups excluding carboxylic acids is 1. The molecular formula is C20H30N2O. The summed E-state index contributed by atoms with van der Waals surface area (Å²) >= 11 is 0. The van der Waals surface area contributed by atoms with Crippen molar-refractivity contribution in [1.29, 1.82) is 0 Å². The number of nitrogens with zero attached hydrogens (tertiary/aromatic N) is 2.